The van der Waals surface area contributed by atoms with E-state index in [1.54, 1.807) is 6.20 Å². The van der Waals surface area contributed by atoms with Crippen LogP contribution < -0.4 is 5.32 Å². The van der Waals surface area contributed by atoms with E-state index in [1.165, 1.54) is 5.56 Å². The van der Waals surface area contributed by atoms with Crippen LogP contribution in [-0.2, 0) is 11.8 Å². The third kappa shape index (κ3) is 3.94. The molecule has 21 heavy (non-hydrogen) atoms. The van der Waals surface area contributed by atoms with Gasteiger partial charge in [-0.2, -0.15) is 0 Å². The zero-order valence-corrected chi connectivity index (χ0v) is 13.1. The maximum Gasteiger partial charge on any atom is 0.221 e. The number of hydrogen-bond acceptors (Lipinski definition) is 2. The summed E-state index contributed by atoms with van der Waals surface area (Å²) in [6, 6.07) is 7.99. The Kier molecular flexibility index (Phi) is 4.78. The molecule has 1 N–H and O–H groups in total. The van der Waals surface area contributed by atoms with E-state index in [0.717, 1.165) is 11.4 Å². The molecule has 4 nitrogen and oxygen atoms in total. The number of nitrogens with one attached hydrogen (secondary N) is 1. The van der Waals surface area contributed by atoms with Gasteiger partial charge in [0.2, 0.25) is 5.91 Å². The SMILES string of the molecule is Cc1ccc(C(NC(=O)CC(C)C)c2nccn2C)cc1. The maximum atomic E-state index is 12.2. The second kappa shape index (κ2) is 6.57. The molecule has 1 aromatic heterocycles. The largest absolute Gasteiger partial charge is 0.342 e. The number of nitrogens with zero attached hydrogens (tertiary/aromatic N) is 2. The minimum Gasteiger partial charge on any atom is -0.342 e. The molecular weight excluding hydrogens is 262 g/mol. The van der Waals surface area contributed by atoms with Crippen molar-refractivity contribution in [2.45, 2.75) is 33.2 Å². The normalized spacial score (nSPS) is 12.4. The van der Waals surface area contributed by atoms with Crippen LogP contribution >= 0.6 is 0 Å². The van der Waals surface area contributed by atoms with Crippen molar-refractivity contribution in [3.63, 3.8) is 0 Å². The van der Waals surface area contributed by atoms with Crippen molar-refractivity contribution in [3.8, 4) is 0 Å². The van der Waals surface area contributed by atoms with Crippen LogP contribution in [0.4, 0.5) is 0 Å². The van der Waals surface area contributed by atoms with Gasteiger partial charge in [-0.25, -0.2) is 4.98 Å². The van der Waals surface area contributed by atoms with Crippen LogP contribution in [0.5, 0.6) is 0 Å². The van der Waals surface area contributed by atoms with Gasteiger partial charge in [-0.3, -0.25) is 4.79 Å². The van der Waals surface area contributed by atoms with Gasteiger partial charge in [0.15, 0.2) is 0 Å². The Bertz CT molecular complexity index is 599. The van der Waals surface area contributed by atoms with Crippen LogP contribution in [0.1, 0.15) is 43.3 Å². The van der Waals surface area contributed by atoms with Crippen LogP contribution in [0.15, 0.2) is 36.7 Å². The maximum absolute atomic E-state index is 12.2. The Morgan fingerprint density at radius 2 is 1.95 bits per heavy atom. The highest BCUT2D eigenvalue weighted by atomic mass is 16.1. The van der Waals surface area contributed by atoms with Crippen LogP contribution in [0.2, 0.25) is 0 Å². The second-order valence-corrected chi connectivity index (χ2v) is 5.91. The number of imidazole rings is 1. The average molecular weight is 285 g/mol. The number of benzene rings is 1. The molecule has 0 saturated carbocycles. The summed E-state index contributed by atoms with van der Waals surface area (Å²) in [7, 11) is 1.94. The van der Waals surface area contributed by atoms with E-state index in [0.29, 0.717) is 12.3 Å². The van der Waals surface area contributed by atoms with Gasteiger partial charge in [0.25, 0.3) is 0 Å². The van der Waals surface area contributed by atoms with Crippen LogP contribution in [0.25, 0.3) is 0 Å². The smallest absolute Gasteiger partial charge is 0.221 e. The van der Waals surface area contributed by atoms with Gasteiger partial charge in [0.05, 0.1) is 0 Å². The van der Waals surface area contributed by atoms with E-state index >= 15 is 0 Å². The van der Waals surface area contributed by atoms with Gasteiger partial charge in [-0.05, 0) is 18.4 Å². The minimum absolute atomic E-state index is 0.0542. The fourth-order valence-electron chi connectivity index (χ4n) is 2.30. The number of aryl methyl sites for hydroxylation is 2. The molecule has 4 heteroatoms. The summed E-state index contributed by atoms with van der Waals surface area (Å²) < 4.78 is 1.94. The van der Waals surface area contributed by atoms with Crippen molar-refractivity contribution in [1.82, 2.24) is 14.9 Å². The highest BCUT2D eigenvalue weighted by Gasteiger charge is 2.20. The molecular formula is C17H23N3O. The molecule has 0 saturated heterocycles. The van der Waals surface area contributed by atoms with Gasteiger partial charge < -0.3 is 9.88 Å². The zero-order chi connectivity index (χ0) is 15.4. The predicted octanol–water partition coefficient (Wildman–Crippen LogP) is 2.98. The molecule has 0 aliphatic heterocycles. The Morgan fingerprint density at radius 1 is 1.29 bits per heavy atom. The van der Waals surface area contributed by atoms with Gasteiger partial charge in [-0.15, -0.1) is 0 Å². The lowest BCUT2D eigenvalue weighted by molar-refractivity contribution is -0.122. The Morgan fingerprint density at radius 3 is 2.48 bits per heavy atom. The van der Waals surface area contributed by atoms with Crippen LogP contribution in [0.3, 0.4) is 0 Å². The number of carbonyl (C=O) groups excluding carboxylic acids is 1. The molecule has 0 aliphatic rings. The fourth-order valence-corrected chi connectivity index (χ4v) is 2.30. The summed E-state index contributed by atoms with van der Waals surface area (Å²) in [6.07, 6.45) is 4.17. The van der Waals surface area contributed by atoms with Gasteiger partial charge in [0, 0.05) is 25.9 Å². The highest BCUT2D eigenvalue weighted by molar-refractivity contribution is 5.77. The number of rotatable bonds is 5. The number of carbonyl (C=O) groups is 1. The lowest BCUT2D eigenvalue weighted by Crippen LogP contribution is -2.31. The summed E-state index contributed by atoms with van der Waals surface area (Å²) in [4.78, 5) is 16.6. The zero-order valence-electron chi connectivity index (χ0n) is 13.1. The molecule has 112 valence electrons. The third-order valence-corrected chi connectivity index (χ3v) is 3.43. The molecule has 2 rings (SSSR count). The molecule has 0 fully saturated rings. The first-order valence-corrected chi connectivity index (χ1v) is 7.30. The van der Waals surface area contributed by atoms with E-state index in [2.05, 4.69) is 29.4 Å². The molecule has 1 heterocycles. The summed E-state index contributed by atoms with van der Waals surface area (Å²) in [5, 5.41) is 3.11. The lowest BCUT2D eigenvalue weighted by atomic mass is 10.0. The van der Waals surface area contributed by atoms with Crippen LogP contribution in [0, 0.1) is 12.8 Å². The van der Waals surface area contributed by atoms with E-state index in [-0.39, 0.29) is 11.9 Å². The second-order valence-electron chi connectivity index (χ2n) is 5.91. The predicted molar refractivity (Wildman–Crippen MR) is 83.8 cm³/mol. The summed E-state index contributed by atoms with van der Waals surface area (Å²) in [5.41, 5.74) is 2.25. The summed E-state index contributed by atoms with van der Waals surface area (Å²) in [6.45, 7) is 6.14. The fraction of sp³-hybridized carbons (Fsp3) is 0.412. The molecule has 1 unspecified atom stereocenters. The van der Waals surface area contributed by atoms with Gasteiger partial charge in [-0.1, -0.05) is 43.7 Å². The lowest BCUT2D eigenvalue weighted by Gasteiger charge is -2.20. The van der Waals surface area contributed by atoms with E-state index < -0.39 is 0 Å². The molecule has 1 amide bonds. The standard InChI is InChI=1S/C17H23N3O/c1-12(2)11-15(21)19-16(17-18-9-10-20(17)4)14-7-5-13(3)6-8-14/h5-10,12,16H,11H2,1-4H3,(H,19,21). The first kappa shape index (κ1) is 15.3. The molecule has 2 aromatic rings. The molecule has 1 atom stereocenters. The summed E-state index contributed by atoms with van der Waals surface area (Å²) in [5.74, 6) is 1.24. The first-order chi connectivity index (χ1) is 9.97. The van der Waals surface area contributed by atoms with Crippen molar-refractivity contribution < 1.29 is 4.79 Å². The Labute approximate surface area is 126 Å². The van der Waals surface area contributed by atoms with Crippen molar-refractivity contribution in [2.75, 3.05) is 0 Å². The number of hydrogen-bond donors (Lipinski definition) is 1. The first-order valence-electron chi connectivity index (χ1n) is 7.30. The molecule has 0 bridgehead atoms. The van der Waals surface area contributed by atoms with Gasteiger partial charge in [0.1, 0.15) is 11.9 Å². The van der Waals surface area contributed by atoms with Crippen molar-refractivity contribution in [2.24, 2.45) is 13.0 Å². The summed E-state index contributed by atoms with van der Waals surface area (Å²) >= 11 is 0. The van der Waals surface area contributed by atoms with E-state index in [9.17, 15) is 4.79 Å². The van der Waals surface area contributed by atoms with Gasteiger partial charge >= 0.3 is 0 Å². The molecule has 0 aliphatic carbocycles. The van der Waals surface area contributed by atoms with Crippen LogP contribution in [-0.4, -0.2) is 15.5 Å². The quantitative estimate of drug-likeness (QED) is 0.918. The monoisotopic (exact) mass is 285 g/mol. The van der Waals surface area contributed by atoms with E-state index in [4.69, 9.17) is 0 Å². The van der Waals surface area contributed by atoms with Crippen molar-refractivity contribution >= 4 is 5.91 Å². The molecule has 0 spiro atoms. The minimum atomic E-state index is -0.211. The average Bonchev–Trinajstić information content (AvgIpc) is 2.82. The topological polar surface area (TPSA) is 46.9 Å². The van der Waals surface area contributed by atoms with Crippen molar-refractivity contribution in [3.05, 3.63) is 53.6 Å². The number of amides is 1. The third-order valence-electron chi connectivity index (χ3n) is 3.43. The Hall–Kier alpha value is -2.10. The molecule has 0 radical (unpaired) electrons. The Balaban J connectivity index is 2.29. The van der Waals surface area contributed by atoms with Crippen molar-refractivity contribution in [1.29, 1.82) is 0 Å². The highest BCUT2D eigenvalue weighted by Crippen LogP contribution is 2.21. The number of aromatic nitrogens is 2. The van der Waals surface area contributed by atoms with E-state index in [1.807, 2.05) is 43.8 Å². The molecule has 1 aromatic carbocycles.